The molecule has 1 aliphatic heterocycles. The van der Waals surface area contributed by atoms with Gasteiger partial charge in [-0.15, -0.1) is 0 Å². The Morgan fingerprint density at radius 3 is 2.79 bits per heavy atom. The molecule has 130 valence electrons. The van der Waals surface area contributed by atoms with Crippen molar-refractivity contribution in [1.82, 2.24) is 4.90 Å². The van der Waals surface area contributed by atoms with Crippen LogP contribution < -0.4 is 0 Å². The quantitative estimate of drug-likeness (QED) is 0.460. The van der Waals surface area contributed by atoms with E-state index in [4.69, 9.17) is 4.74 Å². The van der Waals surface area contributed by atoms with Crippen LogP contribution in [0.15, 0.2) is 23.2 Å². The van der Waals surface area contributed by atoms with Gasteiger partial charge >= 0.3 is 5.97 Å². The first-order valence-electron chi connectivity index (χ1n) is 7.64. The Morgan fingerprint density at radius 2 is 2.25 bits per heavy atom. The van der Waals surface area contributed by atoms with E-state index in [1.165, 1.54) is 31.0 Å². The lowest BCUT2D eigenvalue weighted by atomic mass is 10.2. The molecule has 0 saturated carbocycles. The number of nitro groups is 1. The van der Waals surface area contributed by atoms with Gasteiger partial charge in [-0.1, -0.05) is 25.6 Å². The first-order chi connectivity index (χ1) is 11.3. The van der Waals surface area contributed by atoms with Crippen LogP contribution >= 0.6 is 11.8 Å². The molecule has 1 unspecified atom stereocenters. The number of ether oxygens (including phenoxy) is 1. The lowest BCUT2D eigenvalue weighted by Crippen LogP contribution is -2.42. The summed E-state index contributed by atoms with van der Waals surface area (Å²) >= 11 is 1.50. The van der Waals surface area contributed by atoms with Crippen molar-refractivity contribution in [3.63, 3.8) is 0 Å². The summed E-state index contributed by atoms with van der Waals surface area (Å²) in [6, 6.07) is 4.24. The number of methoxy groups -OCH3 is 1. The van der Waals surface area contributed by atoms with E-state index >= 15 is 0 Å². The zero-order valence-corrected chi connectivity index (χ0v) is 15.0. The summed E-state index contributed by atoms with van der Waals surface area (Å²) in [5.41, 5.74) is 1.44. The molecule has 7 nitrogen and oxygen atoms in total. The maximum absolute atomic E-state index is 12.0. The Balaban J connectivity index is 2.33. The second kappa shape index (κ2) is 7.65. The van der Waals surface area contributed by atoms with Gasteiger partial charge in [0.15, 0.2) is 5.17 Å². The SMILES string of the molecule is COC(=O)C1CSC(=Nc2ccc([N+](=O)[O-])cc2C)N1CC(C)C. The van der Waals surface area contributed by atoms with E-state index in [-0.39, 0.29) is 17.7 Å². The van der Waals surface area contributed by atoms with Crippen molar-refractivity contribution >= 4 is 34.3 Å². The van der Waals surface area contributed by atoms with Crippen molar-refractivity contribution in [2.45, 2.75) is 26.8 Å². The van der Waals surface area contributed by atoms with Gasteiger partial charge in [0.25, 0.3) is 5.69 Å². The summed E-state index contributed by atoms with van der Waals surface area (Å²) in [4.78, 5) is 29.0. The minimum Gasteiger partial charge on any atom is -0.467 e. The van der Waals surface area contributed by atoms with Crippen LogP contribution in [0.1, 0.15) is 19.4 Å². The van der Waals surface area contributed by atoms with Gasteiger partial charge in [-0.2, -0.15) is 0 Å². The van der Waals surface area contributed by atoms with Crippen LogP contribution in [0, 0.1) is 23.0 Å². The largest absolute Gasteiger partial charge is 0.467 e. The predicted molar refractivity (Wildman–Crippen MR) is 94.7 cm³/mol. The van der Waals surface area contributed by atoms with Gasteiger partial charge in [0.1, 0.15) is 6.04 Å². The summed E-state index contributed by atoms with van der Waals surface area (Å²) in [5, 5.41) is 11.6. The maximum Gasteiger partial charge on any atom is 0.329 e. The number of carbonyl (C=O) groups is 1. The lowest BCUT2D eigenvalue weighted by Gasteiger charge is -2.25. The predicted octanol–water partition coefficient (Wildman–Crippen LogP) is 3.14. The molecule has 0 bridgehead atoms. The van der Waals surface area contributed by atoms with Crippen LogP contribution in [0.4, 0.5) is 11.4 Å². The highest BCUT2D eigenvalue weighted by molar-refractivity contribution is 8.14. The van der Waals surface area contributed by atoms with Crippen LogP contribution in [0.5, 0.6) is 0 Å². The van der Waals surface area contributed by atoms with E-state index in [0.29, 0.717) is 23.9 Å². The van der Waals surface area contributed by atoms with Gasteiger partial charge in [0.2, 0.25) is 0 Å². The molecular formula is C16H21N3O4S. The molecule has 0 aliphatic carbocycles. The second-order valence-electron chi connectivity index (χ2n) is 6.02. The fourth-order valence-corrected chi connectivity index (χ4v) is 3.62. The number of thioether (sulfide) groups is 1. The standard InChI is InChI=1S/C16H21N3O4S/c1-10(2)8-18-14(15(20)23-4)9-24-16(18)17-13-6-5-12(19(21)22)7-11(13)3/h5-7,10,14H,8-9H2,1-4H3. The Hall–Kier alpha value is -2.09. The number of esters is 1. The van der Waals surface area contributed by atoms with Crippen LogP contribution in [0.3, 0.4) is 0 Å². The summed E-state index contributed by atoms with van der Waals surface area (Å²) in [7, 11) is 1.39. The Bertz CT molecular complexity index is 675. The Kier molecular flexibility index (Phi) is 5.82. The van der Waals surface area contributed by atoms with Crippen molar-refractivity contribution in [3.8, 4) is 0 Å². The van der Waals surface area contributed by atoms with Crippen molar-refractivity contribution in [2.75, 3.05) is 19.4 Å². The fraction of sp³-hybridized carbons (Fsp3) is 0.500. The monoisotopic (exact) mass is 351 g/mol. The van der Waals surface area contributed by atoms with Gasteiger partial charge < -0.3 is 9.64 Å². The number of aliphatic imine (C=N–C) groups is 1. The van der Waals surface area contributed by atoms with Crippen LogP contribution in [-0.4, -0.2) is 46.4 Å². The molecule has 1 atom stereocenters. The normalized spacial score (nSPS) is 19.1. The zero-order valence-electron chi connectivity index (χ0n) is 14.2. The number of rotatable bonds is 5. The molecule has 1 aromatic rings. The van der Waals surface area contributed by atoms with Crippen LogP contribution in [0.25, 0.3) is 0 Å². The first-order valence-corrected chi connectivity index (χ1v) is 8.63. The number of benzene rings is 1. The molecule has 8 heteroatoms. The third-order valence-electron chi connectivity index (χ3n) is 3.63. The summed E-state index contributed by atoms with van der Waals surface area (Å²) < 4.78 is 4.89. The fourth-order valence-electron chi connectivity index (χ4n) is 2.47. The van der Waals surface area contributed by atoms with E-state index in [1.807, 2.05) is 4.90 Å². The van der Waals surface area contributed by atoms with E-state index in [1.54, 1.807) is 13.0 Å². The number of nitro benzene ring substituents is 1. The highest BCUT2D eigenvalue weighted by atomic mass is 32.2. The lowest BCUT2D eigenvalue weighted by molar-refractivity contribution is -0.384. The van der Waals surface area contributed by atoms with Gasteiger partial charge in [-0.3, -0.25) is 10.1 Å². The average molecular weight is 351 g/mol. The first kappa shape index (κ1) is 18.3. The number of aryl methyl sites for hydroxylation is 1. The minimum atomic E-state index is -0.424. The van der Waals surface area contributed by atoms with Crippen LogP contribution in [-0.2, 0) is 9.53 Å². The third-order valence-corrected chi connectivity index (χ3v) is 4.70. The third kappa shape index (κ3) is 4.05. The molecule has 1 aliphatic rings. The van der Waals surface area contributed by atoms with Crippen molar-refractivity contribution in [1.29, 1.82) is 0 Å². The smallest absolute Gasteiger partial charge is 0.329 e. The Morgan fingerprint density at radius 1 is 1.54 bits per heavy atom. The topological polar surface area (TPSA) is 85.0 Å². The van der Waals surface area contributed by atoms with E-state index in [9.17, 15) is 14.9 Å². The number of nitrogens with zero attached hydrogens (tertiary/aromatic N) is 3. The molecule has 0 amide bonds. The molecule has 0 N–H and O–H groups in total. The molecule has 1 saturated heterocycles. The van der Waals surface area contributed by atoms with Crippen molar-refractivity contribution in [2.24, 2.45) is 10.9 Å². The molecule has 1 heterocycles. The molecule has 0 aromatic heterocycles. The summed E-state index contributed by atoms with van der Waals surface area (Å²) in [5.74, 6) is 0.678. The molecule has 1 fully saturated rings. The molecule has 0 radical (unpaired) electrons. The Labute approximate surface area is 145 Å². The molecular weight excluding hydrogens is 330 g/mol. The number of amidine groups is 1. The second-order valence-corrected chi connectivity index (χ2v) is 7.01. The highest BCUT2D eigenvalue weighted by Gasteiger charge is 2.36. The molecule has 1 aromatic carbocycles. The molecule has 0 spiro atoms. The van der Waals surface area contributed by atoms with Gasteiger partial charge in [0, 0.05) is 24.4 Å². The van der Waals surface area contributed by atoms with E-state index < -0.39 is 4.92 Å². The summed E-state index contributed by atoms with van der Waals surface area (Å²) in [6.45, 7) is 6.63. The van der Waals surface area contributed by atoms with E-state index in [0.717, 1.165) is 10.7 Å². The number of non-ortho nitro benzene ring substituents is 1. The summed E-state index contributed by atoms with van der Waals surface area (Å²) in [6.07, 6.45) is 0. The minimum absolute atomic E-state index is 0.0435. The molecule has 2 rings (SSSR count). The number of hydrogen-bond acceptors (Lipinski definition) is 6. The average Bonchev–Trinajstić information content (AvgIpc) is 2.90. The number of carbonyl (C=O) groups excluding carboxylic acids is 1. The molecule has 24 heavy (non-hydrogen) atoms. The van der Waals surface area contributed by atoms with Crippen molar-refractivity contribution in [3.05, 3.63) is 33.9 Å². The number of hydrogen-bond donors (Lipinski definition) is 0. The van der Waals surface area contributed by atoms with Crippen molar-refractivity contribution < 1.29 is 14.5 Å². The maximum atomic E-state index is 12.0. The highest BCUT2D eigenvalue weighted by Crippen LogP contribution is 2.31. The van der Waals surface area contributed by atoms with E-state index in [2.05, 4.69) is 18.8 Å². The van der Waals surface area contributed by atoms with Crippen LogP contribution in [0.2, 0.25) is 0 Å². The van der Waals surface area contributed by atoms with Gasteiger partial charge in [-0.05, 0) is 24.5 Å². The van der Waals surface area contributed by atoms with Gasteiger partial charge in [-0.25, -0.2) is 9.79 Å². The zero-order chi connectivity index (χ0) is 17.9. The van der Waals surface area contributed by atoms with Gasteiger partial charge in [0.05, 0.1) is 17.7 Å².